The van der Waals surface area contributed by atoms with Gasteiger partial charge in [-0.25, -0.2) is 4.79 Å². The Morgan fingerprint density at radius 1 is 1.19 bits per heavy atom. The number of carboxylic acids is 1. The largest absolute Gasteiger partial charge is 0.480 e. The molecule has 2 N–H and O–H groups in total. The molecule has 6 heteroatoms. The molecule has 0 saturated carbocycles. The van der Waals surface area contributed by atoms with E-state index >= 15 is 0 Å². The van der Waals surface area contributed by atoms with E-state index in [-0.39, 0.29) is 18.6 Å². The Labute approximate surface area is 161 Å². The standard InChI is InChI=1S/C21H31N3O3/c1-2-23(15-20(25)26)19-9-11-24(12-10-19)21(27)22-14-16-7-8-17-5-3-4-6-18(17)13-16/h3-6,16,19H,2,7-15H2,1H3,(H,22,27)(H,25,26). The van der Waals surface area contributed by atoms with Crippen LogP contribution >= 0.6 is 0 Å². The number of carbonyl (C=O) groups is 2. The summed E-state index contributed by atoms with van der Waals surface area (Å²) in [6.45, 7) is 4.92. The summed E-state index contributed by atoms with van der Waals surface area (Å²) >= 11 is 0. The highest BCUT2D eigenvalue weighted by molar-refractivity contribution is 5.74. The van der Waals surface area contributed by atoms with E-state index in [1.54, 1.807) is 0 Å². The van der Waals surface area contributed by atoms with Crippen LogP contribution in [0.2, 0.25) is 0 Å². The number of amides is 2. The molecule has 3 rings (SSSR count). The smallest absolute Gasteiger partial charge is 0.317 e. The molecule has 1 aliphatic heterocycles. The van der Waals surface area contributed by atoms with E-state index in [4.69, 9.17) is 5.11 Å². The van der Waals surface area contributed by atoms with Gasteiger partial charge in [-0.1, -0.05) is 31.2 Å². The van der Waals surface area contributed by atoms with Crippen molar-refractivity contribution in [1.29, 1.82) is 0 Å². The Morgan fingerprint density at radius 2 is 1.89 bits per heavy atom. The number of aryl methyl sites for hydroxylation is 1. The number of piperidine rings is 1. The molecule has 0 radical (unpaired) electrons. The van der Waals surface area contributed by atoms with Gasteiger partial charge in [0.2, 0.25) is 0 Å². The maximum absolute atomic E-state index is 12.5. The van der Waals surface area contributed by atoms with Crippen molar-refractivity contribution in [2.24, 2.45) is 5.92 Å². The zero-order valence-corrected chi connectivity index (χ0v) is 16.2. The van der Waals surface area contributed by atoms with Gasteiger partial charge in [0.1, 0.15) is 0 Å². The lowest BCUT2D eigenvalue weighted by Gasteiger charge is -2.37. The van der Waals surface area contributed by atoms with Crippen molar-refractivity contribution < 1.29 is 14.7 Å². The minimum absolute atomic E-state index is 0.0218. The fraction of sp³-hybridized carbons (Fsp3) is 0.619. The molecule has 6 nitrogen and oxygen atoms in total. The molecule has 1 aromatic carbocycles. The first-order chi connectivity index (χ1) is 13.1. The zero-order chi connectivity index (χ0) is 19.2. The highest BCUT2D eigenvalue weighted by Gasteiger charge is 2.27. The number of benzene rings is 1. The number of hydrogen-bond acceptors (Lipinski definition) is 3. The van der Waals surface area contributed by atoms with Crippen LogP contribution < -0.4 is 5.32 Å². The summed E-state index contributed by atoms with van der Waals surface area (Å²) in [6.07, 6.45) is 4.94. The molecule has 1 aliphatic carbocycles. The topological polar surface area (TPSA) is 72.9 Å². The lowest BCUT2D eigenvalue weighted by Crippen LogP contribution is -2.51. The van der Waals surface area contributed by atoms with Gasteiger partial charge in [-0.05, 0) is 55.7 Å². The molecule has 2 aliphatic rings. The van der Waals surface area contributed by atoms with Gasteiger partial charge in [0.05, 0.1) is 6.54 Å². The minimum Gasteiger partial charge on any atom is -0.480 e. The van der Waals surface area contributed by atoms with Gasteiger partial charge >= 0.3 is 12.0 Å². The molecule has 148 valence electrons. The Morgan fingerprint density at radius 3 is 2.56 bits per heavy atom. The normalized spacial score (nSPS) is 20.4. The van der Waals surface area contributed by atoms with E-state index in [9.17, 15) is 9.59 Å². The predicted octanol–water partition coefficient (Wildman–Crippen LogP) is 2.37. The first-order valence-corrected chi connectivity index (χ1v) is 10.1. The zero-order valence-electron chi connectivity index (χ0n) is 16.2. The molecule has 1 atom stereocenters. The number of rotatable bonds is 6. The van der Waals surface area contributed by atoms with Crippen LogP contribution in [0, 0.1) is 5.92 Å². The number of hydrogen-bond donors (Lipinski definition) is 2. The van der Waals surface area contributed by atoms with Crippen LogP contribution in [0.4, 0.5) is 4.79 Å². The molecular weight excluding hydrogens is 342 g/mol. The average Bonchev–Trinajstić information content (AvgIpc) is 2.70. The molecule has 27 heavy (non-hydrogen) atoms. The number of carbonyl (C=O) groups excluding carboxylic acids is 1. The van der Waals surface area contributed by atoms with Gasteiger partial charge in [-0.15, -0.1) is 0 Å². The SMILES string of the molecule is CCN(CC(=O)O)C1CCN(C(=O)NCC2CCc3ccccc3C2)CC1. The third-order valence-electron chi connectivity index (χ3n) is 6.00. The summed E-state index contributed by atoms with van der Waals surface area (Å²) < 4.78 is 0. The summed E-state index contributed by atoms with van der Waals surface area (Å²) in [6, 6.07) is 8.87. The van der Waals surface area contributed by atoms with E-state index in [0.717, 1.165) is 45.2 Å². The van der Waals surface area contributed by atoms with Gasteiger partial charge in [-0.2, -0.15) is 0 Å². The molecule has 0 bridgehead atoms. The third-order valence-corrected chi connectivity index (χ3v) is 6.00. The molecule has 1 fully saturated rings. The Balaban J connectivity index is 1.42. The monoisotopic (exact) mass is 373 g/mol. The fourth-order valence-electron chi connectivity index (χ4n) is 4.40. The summed E-state index contributed by atoms with van der Waals surface area (Å²) in [5, 5.41) is 12.1. The first kappa shape index (κ1) is 19.7. The summed E-state index contributed by atoms with van der Waals surface area (Å²) in [4.78, 5) is 27.4. The second-order valence-corrected chi connectivity index (χ2v) is 7.74. The number of carboxylic acid groups (broad SMARTS) is 1. The van der Waals surface area contributed by atoms with Crippen molar-refractivity contribution in [3.8, 4) is 0 Å². The minimum atomic E-state index is -0.786. The van der Waals surface area contributed by atoms with Crippen LogP contribution in [0.25, 0.3) is 0 Å². The Hall–Kier alpha value is -2.08. The van der Waals surface area contributed by atoms with E-state index < -0.39 is 5.97 Å². The van der Waals surface area contributed by atoms with E-state index in [1.807, 2.05) is 16.7 Å². The number of nitrogens with one attached hydrogen (secondary N) is 1. The second-order valence-electron chi connectivity index (χ2n) is 7.74. The molecule has 0 aromatic heterocycles. The maximum Gasteiger partial charge on any atom is 0.317 e. The number of urea groups is 1. The highest BCUT2D eigenvalue weighted by atomic mass is 16.4. The maximum atomic E-state index is 12.5. The highest BCUT2D eigenvalue weighted by Crippen LogP contribution is 2.25. The predicted molar refractivity (Wildman–Crippen MR) is 105 cm³/mol. The fourth-order valence-corrected chi connectivity index (χ4v) is 4.40. The van der Waals surface area contributed by atoms with Crippen molar-refractivity contribution in [2.75, 3.05) is 32.7 Å². The number of aliphatic carboxylic acids is 1. The number of nitrogens with zero attached hydrogens (tertiary/aromatic N) is 2. The van der Waals surface area contributed by atoms with E-state index in [1.165, 1.54) is 11.1 Å². The van der Waals surface area contributed by atoms with Crippen molar-refractivity contribution >= 4 is 12.0 Å². The van der Waals surface area contributed by atoms with Gasteiger partial charge in [0.15, 0.2) is 0 Å². The van der Waals surface area contributed by atoms with Crippen molar-refractivity contribution in [2.45, 2.75) is 45.1 Å². The second kappa shape index (κ2) is 9.22. The van der Waals surface area contributed by atoms with Crippen molar-refractivity contribution in [1.82, 2.24) is 15.1 Å². The Bertz CT molecular complexity index is 656. The summed E-state index contributed by atoms with van der Waals surface area (Å²) in [5.41, 5.74) is 2.87. The van der Waals surface area contributed by atoms with Crippen LogP contribution in [0.5, 0.6) is 0 Å². The van der Waals surface area contributed by atoms with Gasteiger partial charge < -0.3 is 15.3 Å². The van der Waals surface area contributed by atoms with Gasteiger partial charge in [-0.3, -0.25) is 9.69 Å². The molecule has 1 heterocycles. The molecule has 1 saturated heterocycles. The van der Waals surface area contributed by atoms with Gasteiger partial charge in [0.25, 0.3) is 0 Å². The van der Waals surface area contributed by atoms with Crippen LogP contribution in [-0.2, 0) is 17.6 Å². The summed E-state index contributed by atoms with van der Waals surface area (Å²) in [5.74, 6) is -0.279. The number of fused-ring (bicyclic) bond motifs is 1. The number of likely N-dealkylation sites (N-methyl/N-ethyl adjacent to an activating group) is 1. The lowest BCUT2D eigenvalue weighted by atomic mass is 9.84. The third kappa shape index (κ3) is 5.22. The van der Waals surface area contributed by atoms with Gasteiger partial charge in [0, 0.05) is 25.7 Å². The van der Waals surface area contributed by atoms with E-state index in [2.05, 4.69) is 29.6 Å². The van der Waals surface area contributed by atoms with Crippen LogP contribution in [0.3, 0.4) is 0 Å². The van der Waals surface area contributed by atoms with E-state index in [0.29, 0.717) is 19.0 Å². The molecule has 2 amide bonds. The molecule has 1 unspecified atom stereocenters. The van der Waals surface area contributed by atoms with Crippen LogP contribution in [0.15, 0.2) is 24.3 Å². The molecule has 1 aromatic rings. The van der Waals surface area contributed by atoms with Crippen molar-refractivity contribution in [3.05, 3.63) is 35.4 Å². The molecular formula is C21H31N3O3. The first-order valence-electron chi connectivity index (χ1n) is 10.1. The summed E-state index contributed by atoms with van der Waals surface area (Å²) in [7, 11) is 0. The van der Waals surface area contributed by atoms with Crippen LogP contribution in [0.1, 0.15) is 37.3 Å². The molecule has 0 spiro atoms. The average molecular weight is 373 g/mol. The quantitative estimate of drug-likeness (QED) is 0.803. The number of likely N-dealkylation sites (tertiary alicyclic amines) is 1. The lowest BCUT2D eigenvalue weighted by molar-refractivity contribution is -0.139. The van der Waals surface area contributed by atoms with Crippen molar-refractivity contribution in [3.63, 3.8) is 0 Å². The Kier molecular flexibility index (Phi) is 6.72. The van der Waals surface area contributed by atoms with Crippen LogP contribution in [-0.4, -0.2) is 65.7 Å².